The number of halogens is 2. The van der Waals surface area contributed by atoms with Gasteiger partial charge in [0.15, 0.2) is 6.61 Å². The summed E-state index contributed by atoms with van der Waals surface area (Å²) in [5.41, 5.74) is 0.456. The van der Waals surface area contributed by atoms with Gasteiger partial charge in [-0.3, -0.25) is 4.79 Å². The third-order valence-corrected chi connectivity index (χ3v) is 6.67. The number of ether oxygens (including phenoxy) is 1. The van der Waals surface area contributed by atoms with Crippen molar-refractivity contribution in [2.75, 3.05) is 25.0 Å². The lowest BCUT2D eigenvalue weighted by Gasteiger charge is -2.19. The summed E-state index contributed by atoms with van der Waals surface area (Å²) < 4.78 is 45.0. The maximum Gasteiger partial charge on any atom is 0.340 e. The van der Waals surface area contributed by atoms with Crippen molar-refractivity contribution in [1.29, 1.82) is 0 Å². The molecule has 0 saturated carbocycles. The van der Waals surface area contributed by atoms with Gasteiger partial charge in [0.1, 0.15) is 5.82 Å². The van der Waals surface area contributed by atoms with Crippen LogP contribution in [0.3, 0.4) is 0 Å². The Morgan fingerprint density at radius 3 is 2.40 bits per heavy atom. The van der Waals surface area contributed by atoms with Crippen LogP contribution in [0.5, 0.6) is 0 Å². The van der Waals surface area contributed by atoms with Crippen LogP contribution in [0.25, 0.3) is 0 Å². The zero-order valence-corrected chi connectivity index (χ0v) is 18.3. The van der Waals surface area contributed by atoms with E-state index in [0.29, 0.717) is 5.56 Å². The summed E-state index contributed by atoms with van der Waals surface area (Å²) >= 11 is 6.01. The van der Waals surface area contributed by atoms with Crippen molar-refractivity contribution in [3.8, 4) is 0 Å². The van der Waals surface area contributed by atoms with E-state index in [-0.39, 0.29) is 34.3 Å². The fraction of sp³-hybridized carbons (Fsp3) is 0.300. The molecule has 0 bridgehead atoms. The number of rotatable bonds is 8. The number of esters is 1. The van der Waals surface area contributed by atoms with Gasteiger partial charge in [0, 0.05) is 18.8 Å². The van der Waals surface area contributed by atoms with Crippen molar-refractivity contribution in [2.24, 2.45) is 0 Å². The summed E-state index contributed by atoms with van der Waals surface area (Å²) in [4.78, 5) is 24.2. The summed E-state index contributed by atoms with van der Waals surface area (Å²) in [5.74, 6) is -2.13. The molecule has 2 aromatic carbocycles. The zero-order chi connectivity index (χ0) is 22.5. The highest BCUT2D eigenvalue weighted by Gasteiger charge is 2.24. The Morgan fingerprint density at radius 2 is 1.80 bits per heavy atom. The first-order chi connectivity index (χ1) is 14.1. The Kier molecular flexibility index (Phi) is 7.94. The third kappa shape index (κ3) is 5.56. The van der Waals surface area contributed by atoms with Gasteiger partial charge in [0.05, 0.1) is 15.5 Å². The second-order valence-corrected chi connectivity index (χ2v) is 8.66. The van der Waals surface area contributed by atoms with Gasteiger partial charge in [-0.05, 0) is 42.8 Å². The minimum atomic E-state index is -3.80. The molecule has 0 aromatic heterocycles. The molecule has 0 spiro atoms. The molecule has 0 unspecified atom stereocenters. The van der Waals surface area contributed by atoms with Crippen LogP contribution in [0.1, 0.15) is 29.8 Å². The van der Waals surface area contributed by atoms with Gasteiger partial charge in [-0.2, -0.15) is 4.31 Å². The van der Waals surface area contributed by atoms with E-state index in [0.717, 1.165) is 12.1 Å². The second-order valence-electron chi connectivity index (χ2n) is 6.32. The molecule has 30 heavy (non-hydrogen) atoms. The van der Waals surface area contributed by atoms with Crippen LogP contribution >= 0.6 is 11.6 Å². The van der Waals surface area contributed by atoms with E-state index in [2.05, 4.69) is 5.32 Å². The Hall–Kier alpha value is -2.49. The molecule has 0 aliphatic heterocycles. The van der Waals surface area contributed by atoms with Crippen LogP contribution in [0.4, 0.5) is 10.1 Å². The van der Waals surface area contributed by atoms with Crippen molar-refractivity contribution >= 4 is 39.2 Å². The lowest BCUT2D eigenvalue weighted by atomic mass is 10.2. The monoisotopic (exact) mass is 456 g/mol. The molecule has 10 heteroatoms. The maximum absolute atomic E-state index is 13.5. The van der Waals surface area contributed by atoms with Crippen LogP contribution in [0.2, 0.25) is 5.02 Å². The lowest BCUT2D eigenvalue weighted by molar-refractivity contribution is -0.119. The average Bonchev–Trinajstić information content (AvgIpc) is 2.70. The number of benzene rings is 2. The minimum Gasteiger partial charge on any atom is -0.452 e. The minimum absolute atomic E-state index is 0.0143. The number of carbonyl (C=O) groups excluding carboxylic acids is 2. The summed E-state index contributed by atoms with van der Waals surface area (Å²) in [6, 6.07) is 7.85. The van der Waals surface area contributed by atoms with Gasteiger partial charge < -0.3 is 10.1 Å². The number of carbonyl (C=O) groups is 2. The highest BCUT2D eigenvalue weighted by molar-refractivity contribution is 7.89. The fourth-order valence-corrected chi connectivity index (χ4v) is 4.29. The molecule has 7 nitrogen and oxygen atoms in total. The molecular formula is C20H22ClFN2O5S. The molecule has 0 radical (unpaired) electrons. The van der Waals surface area contributed by atoms with Crippen LogP contribution in [-0.2, 0) is 19.6 Å². The quantitative estimate of drug-likeness (QED) is 0.612. The first kappa shape index (κ1) is 23.8. The Balaban J connectivity index is 2.11. The van der Waals surface area contributed by atoms with E-state index < -0.39 is 34.3 Å². The Labute approximate surface area is 179 Å². The van der Waals surface area contributed by atoms with E-state index in [1.165, 1.54) is 28.6 Å². The third-order valence-electron chi connectivity index (χ3n) is 4.29. The van der Waals surface area contributed by atoms with Gasteiger partial charge in [-0.25, -0.2) is 17.6 Å². The zero-order valence-electron chi connectivity index (χ0n) is 16.7. The van der Waals surface area contributed by atoms with Crippen LogP contribution in [0, 0.1) is 12.7 Å². The smallest absolute Gasteiger partial charge is 0.340 e. The summed E-state index contributed by atoms with van der Waals surface area (Å²) in [6.07, 6.45) is 0. The number of nitrogens with zero attached hydrogens (tertiary/aromatic N) is 1. The first-order valence-electron chi connectivity index (χ1n) is 9.13. The maximum atomic E-state index is 13.5. The number of nitrogens with one attached hydrogen (secondary N) is 1. The number of hydrogen-bond donors (Lipinski definition) is 1. The number of hydrogen-bond acceptors (Lipinski definition) is 5. The molecule has 0 fully saturated rings. The van der Waals surface area contributed by atoms with Crippen molar-refractivity contribution in [1.82, 2.24) is 4.31 Å². The van der Waals surface area contributed by atoms with Crippen molar-refractivity contribution < 1.29 is 27.1 Å². The molecule has 0 aliphatic rings. The highest BCUT2D eigenvalue weighted by atomic mass is 35.5. The van der Waals surface area contributed by atoms with Gasteiger partial charge in [-0.15, -0.1) is 0 Å². The molecular weight excluding hydrogens is 435 g/mol. The van der Waals surface area contributed by atoms with E-state index in [4.69, 9.17) is 16.3 Å². The number of anilines is 1. The molecule has 0 saturated heterocycles. The van der Waals surface area contributed by atoms with E-state index >= 15 is 0 Å². The molecule has 1 amide bonds. The second kappa shape index (κ2) is 10.0. The molecule has 0 aliphatic carbocycles. The topological polar surface area (TPSA) is 92.8 Å². The van der Waals surface area contributed by atoms with E-state index in [9.17, 15) is 22.4 Å². The number of aryl methyl sites for hydroxylation is 1. The van der Waals surface area contributed by atoms with Crippen LogP contribution < -0.4 is 5.32 Å². The molecule has 162 valence electrons. The predicted octanol–water partition coefficient (Wildman–Crippen LogP) is 3.61. The SMILES string of the molecule is CCN(CC)S(=O)(=O)c1ccc(Cl)c(C(=O)OCC(=O)Nc2ccc(C)c(F)c2)c1. The molecule has 2 rings (SSSR count). The number of amides is 1. The highest BCUT2D eigenvalue weighted by Crippen LogP contribution is 2.24. The molecule has 0 heterocycles. The molecule has 0 atom stereocenters. The average molecular weight is 457 g/mol. The summed E-state index contributed by atoms with van der Waals surface area (Å²) in [7, 11) is -3.80. The van der Waals surface area contributed by atoms with Crippen molar-refractivity contribution in [3.05, 3.63) is 58.4 Å². The Morgan fingerprint density at radius 1 is 1.13 bits per heavy atom. The standard InChI is InChI=1S/C20H22ClFN2O5S/c1-4-24(5-2)30(27,28)15-8-9-17(21)16(11-15)20(26)29-12-19(25)23-14-7-6-13(3)18(22)10-14/h6-11H,4-5,12H2,1-3H3,(H,23,25). The van der Waals surface area contributed by atoms with Gasteiger partial charge >= 0.3 is 5.97 Å². The molecule has 2 aromatic rings. The van der Waals surface area contributed by atoms with Crippen LogP contribution in [0.15, 0.2) is 41.3 Å². The van der Waals surface area contributed by atoms with Crippen LogP contribution in [-0.4, -0.2) is 44.3 Å². The largest absolute Gasteiger partial charge is 0.452 e. The summed E-state index contributed by atoms with van der Waals surface area (Å²) in [6.45, 7) is 4.86. The van der Waals surface area contributed by atoms with Gasteiger partial charge in [0.25, 0.3) is 5.91 Å². The van der Waals surface area contributed by atoms with Gasteiger partial charge in [-0.1, -0.05) is 31.5 Å². The Bertz CT molecular complexity index is 1060. The van der Waals surface area contributed by atoms with Gasteiger partial charge in [0.2, 0.25) is 10.0 Å². The predicted molar refractivity (Wildman–Crippen MR) is 112 cm³/mol. The molecule has 1 N–H and O–H groups in total. The lowest BCUT2D eigenvalue weighted by Crippen LogP contribution is -2.30. The van der Waals surface area contributed by atoms with Crippen molar-refractivity contribution in [2.45, 2.75) is 25.7 Å². The fourth-order valence-electron chi connectivity index (χ4n) is 2.61. The number of sulfonamides is 1. The van der Waals surface area contributed by atoms with Crippen molar-refractivity contribution in [3.63, 3.8) is 0 Å². The first-order valence-corrected chi connectivity index (χ1v) is 10.9. The van der Waals surface area contributed by atoms with E-state index in [1.54, 1.807) is 20.8 Å². The van der Waals surface area contributed by atoms with E-state index in [1.807, 2.05) is 0 Å². The normalized spacial score (nSPS) is 11.4. The summed E-state index contributed by atoms with van der Waals surface area (Å²) in [5, 5.41) is 2.39.